The Hall–Kier alpha value is -3.05. The molecule has 27 heavy (non-hydrogen) atoms. The monoisotopic (exact) mass is 376 g/mol. The number of thiazole rings is 1. The standard InChI is InChI=1S/C22H20N2O2S/c1-25-17-10-11-19(21(12-17)26-2)20-14-27-22(24-20)23-13-16-8-5-7-15-6-3-4-9-18(15)16/h3-12,14H,13H2,1-2H3,(H,23,24). The second kappa shape index (κ2) is 7.68. The molecule has 0 spiro atoms. The van der Waals surface area contributed by atoms with Crippen LogP contribution < -0.4 is 14.8 Å². The van der Waals surface area contributed by atoms with Gasteiger partial charge >= 0.3 is 0 Å². The van der Waals surface area contributed by atoms with Gasteiger partial charge in [0.2, 0.25) is 0 Å². The van der Waals surface area contributed by atoms with Gasteiger partial charge in [-0.2, -0.15) is 0 Å². The maximum Gasteiger partial charge on any atom is 0.183 e. The molecule has 1 heterocycles. The van der Waals surface area contributed by atoms with Crippen LogP contribution in [0.2, 0.25) is 0 Å². The maximum absolute atomic E-state index is 5.49. The molecule has 4 aromatic rings. The van der Waals surface area contributed by atoms with Gasteiger partial charge in [0.25, 0.3) is 0 Å². The number of aromatic nitrogens is 1. The molecule has 3 aromatic carbocycles. The molecule has 5 heteroatoms. The van der Waals surface area contributed by atoms with Gasteiger partial charge in [-0.1, -0.05) is 42.5 Å². The number of anilines is 1. The maximum atomic E-state index is 5.49. The lowest BCUT2D eigenvalue weighted by Gasteiger charge is -2.09. The van der Waals surface area contributed by atoms with Crippen molar-refractivity contribution in [3.63, 3.8) is 0 Å². The minimum absolute atomic E-state index is 0.730. The van der Waals surface area contributed by atoms with Gasteiger partial charge in [0, 0.05) is 23.6 Å². The zero-order valence-electron chi connectivity index (χ0n) is 15.2. The molecule has 0 saturated heterocycles. The van der Waals surface area contributed by atoms with Crippen LogP contribution in [0.5, 0.6) is 11.5 Å². The Bertz CT molecular complexity index is 1070. The van der Waals surface area contributed by atoms with E-state index < -0.39 is 0 Å². The number of nitrogens with one attached hydrogen (secondary N) is 1. The molecule has 0 aliphatic carbocycles. The Labute approximate surface area is 162 Å². The fraction of sp³-hybridized carbons (Fsp3) is 0.136. The van der Waals surface area contributed by atoms with Crippen molar-refractivity contribution in [3.05, 3.63) is 71.6 Å². The van der Waals surface area contributed by atoms with Crippen molar-refractivity contribution in [3.8, 4) is 22.8 Å². The first-order valence-electron chi connectivity index (χ1n) is 8.67. The number of fused-ring (bicyclic) bond motifs is 1. The third-order valence-corrected chi connectivity index (χ3v) is 5.30. The Kier molecular flexibility index (Phi) is 4.94. The second-order valence-corrected chi connectivity index (χ2v) is 6.95. The smallest absolute Gasteiger partial charge is 0.183 e. The van der Waals surface area contributed by atoms with Gasteiger partial charge in [-0.05, 0) is 28.5 Å². The minimum atomic E-state index is 0.730. The van der Waals surface area contributed by atoms with Crippen molar-refractivity contribution >= 4 is 27.2 Å². The van der Waals surface area contributed by atoms with E-state index in [1.54, 1.807) is 25.6 Å². The zero-order valence-corrected chi connectivity index (χ0v) is 16.0. The molecule has 4 rings (SSSR count). The lowest BCUT2D eigenvalue weighted by atomic mass is 10.0. The van der Waals surface area contributed by atoms with Crippen LogP contribution in [0, 0.1) is 0 Å². The van der Waals surface area contributed by atoms with Gasteiger partial charge in [0.05, 0.1) is 19.9 Å². The molecule has 0 saturated carbocycles. The number of nitrogens with zero attached hydrogens (tertiary/aromatic N) is 1. The van der Waals surface area contributed by atoms with E-state index in [2.05, 4.69) is 47.8 Å². The molecule has 0 radical (unpaired) electrons. The molecule has 4 nitrogen and oxygen atoms in total. The van der Waals surface area contributed by atoms with Crippen molar-refractivity contribution in [2.24, 2.45) is 0 Å². The van der Waals surface area contributed by atoms with Crippen LogP contribution in [-0.4, -0.2) is 19.2 Å². The quantitative estimate of drug-likeness (QED) is 0.476. The van der Waals surface area contributed by atoms with Gasteiger partial charge in [0.1, 0.15) is 11.5 Å². The van der Waals surface area contributed by atoms with Crippen LogP contribution in [0.25, 0.3) is 22.0 Å². The van der Waals surface area contributed by atoms with E-state index in [1.165, 1.54) is 16.3 Å². The van der Waals surface area contributed by atoms with Crippen molar-refractivity contribution in [2.45, 2.75) is 6.54 Å². The number of benzene rings is 3. The second-order valence-electron chi connectivity index (χ2n) is 6.10. The fourth-order valence-corrected chi connectivity index (χ4v) is 3.82. The molecule has 0 atom stereocenters. The van der Waals surface area contributed by atoms with E-state index in [1.807, 2.05) is 23.6 Å². The van der Waals surface area contributed by atoms with Gasteiger partial charge in [-0.25, -0.2) is 4.98 Å². The molecule has 0 aliphatic rings. The molecule has 0 amide bonds. The summed E-state index contributed by atoms with van der Waals surface area (Å²) in [6.07, 6.45) is 0. The highest BCUT2D eigenvalue weighted by Gasteiger charge is 2.11. The summed E-state index contributed by atoms with van der Waals surface area (Å²) in [5.41, 5.74) is 3.10. The molecule has 136 valence electrons. The van der Waals surface area contributed by atoms with E-state index in [-0.39, 0.29) is 0 Å². The highest BCUT2D eigenvalue weighted by molar-refractivity contribution is 7.14. The summed E-state index contributed by atoms with van der Waals surface area (Å²) in [6.45, 7) is 0.730. The minimum Gasteiger partial charge on any atom is -0.497 e. The molecule has 1 aromatic heterocycles. The molecule has 0 fully saturated rings. The van der Waals surface area contributed by atoms with E-state index in [4.69, 9.17) is 14.5 Å². The van der Waals surface area contributed by atoms with Crippen LogP contribution in [0.4, 0.5) is 5.13 Å². The summed E-state index contributed by atoms with van der Waals surface area (Å²) in [6, 6.07) is 20.6. The fourth-order valence-electron chi connectivity index (χ4n) is 3.11. The van der Waals surface area contributed by atoms with Gasteiger partial charge < -0.3 is 14.8 Å². The zero-order chi connectivity index (χ0) is 18.6. The summed E-state index contributed by atoms with van der Waals surface area (Å²) in [5.74, 6) is 1.51. The lowest BCUT2D eigenvalue weighted by Crippen LogP contribution is -1.99. The average Bonchev–Trinajstić information content (AvgIpc) is 3.20. The normalized spacial score (nSPS) is 10.7. The van der Waals surface area contributed by atoms with Crippen LogP contribution in [0.15, 0.2) is 66.0 Å². The topological polar surface area (TPSA) is 43.4 Å². The first-order chi connectivity index (χ1) is 13.3. The van der Waals surface area contributed by atoms with Crippen LogP contribution in [0.3, 0.4) is 0 Å². The van der Waals surface area contributed by atoms with Gasteiger partial charge in [0.15, 0.2) is 5.13 Å². The van der Waals surface area contributed by atoms with Crippen molar-refractivity contribution < 1.29 is 9.47 Å². The predicted molar refractivity (Wildman–Crippen MR) is 112 cm³/mol. The Morgan fingerprint density at radius 1 is 0.963 bits per heavy atom. The number of rotatable bonds is 6. The highest BCUT2D eigenvalue weighted by atomic mass is 32.1. The first-order valence-corrected chi connectivity index (χ1v) is 9.55. The summed E-state index contributed by atoms with van der Waals surface area (Å²) < 4.78 is 10.8. The third kappa shape index (κ3) is 3.59. The Morgan fingerprint density at radius 3 is 2.67 bits per heavy atom. The van der Waals surface area contributed by atoms with Gasteiger partial charge in [-0.3, -0.25) is 0 Å². The van der Waals surface area contributed by atoms with Crippen molar-refractivity contribution in [1.82, 2.24) is 4.98 Å². The number of hydrogen-bond acceptors (Lipinski definition) is 5. The van der Waals surface area contributed by atoms with E-state index >= 15 is 0 Å². The largest absolute Gasteiger partial charge is 0.497 e. The predicted octanol–water partition coefficient (Wildman–Crippen LogP) is 5.59. The number of ether oxygens (including phenoxy) is 2. The molecular weight excluding hydrogens is 356 g/mol. The summed E-state index contributed by atoms with van der Waals surface area (Å²) in [7, 11) is 3.30. The Morgan fingerprint density at radius 2 is 1.81 bits per heavy atom. The van der Waals surface area contributed by atoms with Gasteiger partial charge in [-0.15, -0.1) is 11.3 Å². The Balaban J connectivity index is 1.55. The lowest BCUT2D eigenvalue weighted by molar-refractivity contribution is 0.395. The van der Waals surface area contributed by atoms with Crippen molar-refractivity contribution in [1.29, 1.82) is 0 Å². The summed E-state index contributed by atoms with van der Waals surface area (Å²) in [4.78, 5) is 4.73. The van der Waals surface area contributed by atoms with E-state index in [0.29, 0.717) is 0 Å². The summed E-state index contributed by atoms with van der Waals surface area (Å²) >= 11 is 1.59. The van der Waals surface area contributed by atoms with Crippen molar-refractivity contribution in [2.75, 3.05) is 19.5 Å². The molecule has 0 bridgehead atoms. The highest BCUT2D eigenvalue weighted by Crippen LogP contribution is 2.35. The molecular formula is C22H20N2O2S. The molecule has 0 unspecified atom stereocenters. The number of hydrogen-bond donors (Lipinski definition) is 1. The first kappa shape index (κ1) is 17.4. The van der Waals surface area contributed by atoms with E-state index in [9.17, 15) is 0 Å². The molecule has 1 N–H and O–H groups in total. The third-order valence-electron chi connectivity index (χ3n) is 4.50. The SMILES string of the molecule is COc1ccc(-c2csc(NCc3cccc4ccccc34)n2)c(OC)c1. The van der Waals surface area contributed by atoms with Crippen LogP contribution in [-0.2, 0) is 6.54 Å². The van der Waals surface area contributed by atoms with Crippen LogP contribution >= 0.6 is 11.3 Å². The average molecular weight is 376 g/mol. The van der Waals surface area contributed by atoms with E-state index in [0.717, 1.165) is 34.4 Å². The number of methoxy groups -OCH3 is 2. The molecule has 0 aliphatic heterocycles. The van der Waals surface area contributed by atoms with Crippen LogP contribution in [0.1, 0.15) is 5.56 Å². The summed E-state index contributed by atoms with van der Waals surface area (Å²) in [5, 5.41) is 8.88.